The molecule has 0 aliphatic carbocycles. The first-order valence-corrected chi connectivity index (χ1v) is 19.3. The summed E-state index contributed by atoms with van der Waals surface area (Å²) in [6.07, 6.45) is 5.62. The van der Waals surface area contributed by atoms with Crippen LogP contribution in [0.2, 0.25) is 0 Å². The zero-order valence-electron chi connectivity index (χ0n) is 32.2. The van der Waals surface area contributed by atoms with Crippen molar-refractivity contribution in [2.45, 2.75) is 26.2 Å². The zero-order valence-corrected chi connectivity index (χ0v) is 32.2. The molecule has 9 aromatic rings. The first kappa shape index (κ1) is 35.4. The minimum atomic E-state index is -0.0328. The minimum absolute atomic E-state index is 0.0328. The standard InChI is InChI=1S/C51H42N6/c1-51(2,3)37-28-31-54-48(34-37)57-46-25-10-7-20-40(46)41-27-26-36(33-47(41)57)49(50(44-23-11-13-29-52-44)45-24-12-14-30-53-45)35-16-15-19-39(32-35)56-43-22-9-8-21-42(43)55-38-17-5-4-6-18-38/h4-34,55-56H,1-3H3. The number of fused-ring (bicyclic) bond motifs is 3. The van der Waals surface area contributed by atoms with Crippen molar-refractivity contribution in [1.29, 1.82) is 0 Å². The molecule has 0 radical (unpaired) electrons. The number of hydrogen-bond acceptors (Lipinski definition) is 5. The van der Waals surface area contributed by atoms with Gasteiger partial charge in [-0.15, -0.1) is 0 Å². The summed E-state index contributed by atoms with van der Waals surface area (Å²) in [7, 11) is 0. The summed E-state index contributed by atoms with van der Waals surface area (Å²) in [6, 6.07) is 58.9. The van der Waals surface area contributed by atoms with E-state index in [0.717, 1.165) is 78.6 Å². The average molecular weight is 739 g/mol. The Labute approximate surface area is 333 Å². The van der Waals surface area contributed by atoms with Crippen molar-refractivity contribution in [2.75, 3.05) is 10.6 Å². The van der Waals surface area contributed by atoms with Crippen LogP contribution in [0.5, 0.6) is 0 Å². The van der Waals surface area contributed by atoms with E-state index in [4.69, 9.17) is 15.0 Å². The van der Waals surface area contributed by atoms with Crippen LogP contribution in [0.25, 0.3) is 38.8 Å². The molecule has 0 saturated carbocycles. The normalized spacial score (nSPS) is 11.4. The van der Waals surface area contributed by atoms with Crippen molar-refractivity contribution in [1.82, 2.24) is 19.5 Å². The number of nitrogens with one attached hydrogen (secondary N) is 2. The van der Waals surface area contributed by atoms with Crippen molar-refractivity contribution in [2.24, 2.45) is 0 Å². The minimum Gasteiger partial charge on any atom is -0.354 e. The highest BCUT2D eigenvalue weighted by molar-refractivity contribution is 6.11. The van der Waals surface area contributed by atoms with E-state index in [9.17, 15) is 0 Å². The largest absolute Gasteiger partial charge is 0.354 e. The lowest BCUT2D eigenvalue weighted by Crippen LogP contribution is -2.12. The van der Waals surface area contributed by atoms with Gasteiger partial charge in [-0.25, -0.2) is 4.98 Å². The second kappa shape index (κ2) is 15.1. The van der Waals surface area contributed by atoms with E-state index in [1.165, 1.54) is 10.9 Å². The molecule has 0 bridgehead atoms. The van der Waals surface area contributed by atoms with Gasteiger partial charge in [0.05, 0.1) is 33.8 Å². The van der Waals surface area contributed by atoms with Crippen LogP contribution in [0.1, 0.15) is 48.8 Å². The summed E-state index contributed by atoms with van der Waals surface area (Å²) < 4.78 is 2.30. The lowest BCUT2D eigenvalue weighted by molar-refractivity contribution is 0.588. The highest BCUT2D eigenvalue weighted by atomic mass is 15.1. The van der Waals surface area contributed by atoms with E-state index in [1.807, 2.05) is 73.2 Å². The molecule has 0 aliphatic heterocycles. The molecule has 6 heteroatoms. The third-order valence-corrected chi connectivity index (χ3v) is 10.3. The second-order valence-electron chi connectivity index (χ2n) is 15.2. The molecule has 0 amide bonds. The summed E-state index contributed by atoms with van der Waals surface area (Å²) in [4.78, 5) is 14.8. The van der Waals surface area contributed by atoms with Gasteiger partial charge in [-0.2, -0.15) is 0 Å². The van der Waals surface area contributed by atoms with Gasteiger partial charge >= 0.3 is 0 Å². The number of pyridine rings is 3. The fourth-order valence-electron chi connectivity index (χ4n) is 7.53. The lowest BCUT2D eigenvalue weighted by atomic mass is 9.88. The van der Waals surface area contributed by atoms with Gasteiger partial charge in [0, 0.05) is 51.9 Å². The second-order valence-corrected chi connectivity index (χ2v) is 15.2. The van der Waals surface area contributed by atoms with Crippen LogP contribution < -0.4 is 10.6 Å². The molecular weight excluding hydrogens is 697 g/mol. The monoisotopic (exact) mass is 738 g/mol. The maximum Gasteiger partial charge on any atom is 0.137 e. The van der Waals surface area contributed by atoms with E-state index >= 15 is 0 Å². The summed E-state index contributed by atoms with van der Waals surface area (Å²) in [6.45, 7) is 6.72. The molecular formula is C51H42N6. The number of anilines is 4. The van der Waals surface area contributed by atoms with Crippen LogP contribution >= 0.6 is 0 Å². The molecule has 0 saturated heterocycles. The Balaban J connectivity index is 1.27. The van der Waals surface area contributed by atoms with Gasteiger partial charge in [0.15, 0.2) is 0 Å². The van der Waals surface area contributed by atoms with E-state index in [0.29, 0.717) is 0 Å². The quantitative estimate of drug-likeness (QED) is 0.154. The molecule has 0 fully saturated rings. The molecule has 0 unspecified atom stereocenters. The van der Waals surface area contributed by atoms with Crippen molar-refractivity contribution >= 4 is 55.7 Å². The van der Waals surface area contributed by atoms with Gasteiger partial charge in [0.25, 0.3) is 0 Å². The van der Waals surface area contributed by atoms with Crippen molar-refractivity contribution in [3.05, 3.63) is 217 Å². The van der Waals surface area contributed by atoms with Crippen LogP contribution in [0.15, 0.2) is 188 Å². The van der Waals surface area contributed by atoms with Crippen molar-refractivity contribution in [3.63, 3.8) is 0 Å². The fraction of sp³-hybridized carbons (Fsp3) is 0.0784. The molecule has 4 aromatic heterocycles. The Hall–Kier alpha value is -7.31. The molecule has 6 nitrogen and oxygen atoms in total. The highest BCUT2D eigenvalue weighted by Gasteiger charge is 2.22. The summed E-state index contributed by atoms with van der Waals surface area (Å²) in [5.74, 6) is 0.889. The van der Waals surface area contributed by atoms with Gasteiger partial charge in [0.2, 0.25) is 0 Å². The van der Waals surface area contributed by atoms with E-state index < -0.39 is 0 Å². The first-order chi connectivity index (χ1) is 27.9. The van der Waals surface area contributed by atoms with E-state index in [2.05, 4.69) is 151 Å². The summed E-state index contributed by atoms with van der Waals surface area (Å²) >= 11 is 0. The molecule has 57 heavy (non-hydrogen) atoms. The predicted molar refractivity (Wildman–Crippen MR) is 237 cm³/mol. The highest BCUT2D eigenvalue weighted by Crippen LogP contribution is 2.40. The lowest BCUT2D eigenvalue weighted by Gasteiger charge is -2.20. The van der Waals surface area contributed by atoms with Crippen LogP contribution in [0.4, 0.5) is 22.7 Å². The molecule has 5 aromatic carbocycles. The van der Waals surface area contributed by atoms with Crippen LogP contribution in [0.3, 0.4) is 0 Å². The first-order valence-electron chi connectivity index (χ1n) is 19.3. The Morgan fingerprint density at radius 1 is 0.456 bits per heavy atom. The Morgan fingerprint density at radius 2 is 1.07 bits per heavy atom. The number of benzene rings is 5. The third kappa shape index (κ3) is 7.17. The Morgan fingerprint density at radius 3 is 1.77 bits per heavy atom. The molecule has 9 rings (SSSR count). The smallest absolute Gasteiger partial charge is 0.137 e. The van der Waals surface area contributed by atoms with Crippen LogP contribution in [-0.4, -0.2) is 19.5 Å². The maximum atomic E-state index is 4.96. The Kier molecular flexibility index (Phi) is 9.36. The molecule has 4 heterocycles. The van der Waals surface area contributed by atoms with Crippen LogP contribution in [0, 0.1) is 0 Å². The molecule has 0 atom stereocenters. The van der Waals surface area contributed by atoms with E-state index in [1.54, 1.807) is 0 Å². The number of aromatic nitrogens is 4. The van der Waals surface area contributed by atoms with E-state index in [-0.39, 0.29) is 5.41 Å². The number of para-hydroxylation sites is 4. The van der Waals surface area contributed by atoms with Gasteiger partial charge in [-0.05, 0) is 107 Å². The SMILES string of the molecule is CC(C)(C)c1ccnc(-n2c3ccccc3c3ccc(C(=C(c4ccccn4)c4ccccn4)c4cccc(Nc5ccccc5Nc5ccccc5)c4)cc32)c1. The number of nitrogens with zero attached hydrogens (tertiary/aromatic N) is 4. The number of rotatable bonds is 9. The molecule has 0 aliphatic rings. The van der Waals surface area contributed by atoms with Gasteiger partial charge in [-0.3, -0.25) is 14.5 Å². The molecule has 0 spiro atoms. The summed E-state index contributed by atoms with van der Waals surface area (Å²) in [5.41, 5.74) is 13.0. The molecule has 2 N–H and O–H groups in total. The third-order valence-electron chi connectivity index (χ3n) is 10.3. The van der Waals surface area contributed by atoms with Gasteiger partial charge in [-0.1, -0.05) is 106 Å². The average Bonchev–Trinajstić information content (AvgIpc) is 3.58. The number of hydrogen-bond donors (Lipinski definition) is 2. The Bertz CT molecular complexity index is 2830. The zero-order chi connectivity index (χ0) is 38.8. The van der Waals surface area contributed by atoms with Crippen molar-refractivity contribution < 1.29 is 0 Å². The van der Waals surface area contributed by atoms with Gasteiger partial charge < -0.3 is 10.6 Å². The maximum absolute atomic E-state index is 4.96. The molecule has 276 valence electrons. The topological polar surface area (TPSA) is 67.7 Å². The van der Waals surface area contributed by atoms with Crippen LogP contribution in [-0.2, 0) is 5.41 Å². The predicted octanol–water partition coefficient (Wildman–Crippen LogP) is 12.8. The van der Waals surface area contributed by atoms with Gasteiger partial charge in [0.1, 0.15) is 5.82 Å². The summed E-state index contributed by atoms with van der Waals surface area (Å²) in [5, 5.41) is 9.64. The fourth-order valence-corrected chi connectivity index (χ4v) is 7.53. The van der Waals surface area contributed by atoms with Crippen molar-refractivity contribution in [3.8, 4) is 5.82 Å².